The van der Waals surface area contributed by atoms with E-state index in [-0.39, 0.29) is 18.2 Å². The van der Waals surface area contributed by atoms with E-state index in [1.165, 1.54) is 11.3 Å². The van der Waals surface area contributed by atoms with Crippen molar-refractivity contribution in [3.63, 3.8) is 0 Å². The third-order valence-electron chi connectivity index (χ3n) is 3.98. The van der Waals surface area contributed by atoms with E-state index in [1.54, 1.807) is 31.2 Å². The molecule has 29 heavy (non-hydrogen) atoms. The molecule has 0 radical (unpaired) electrons. The Morgan fingerprint density at radius 3 is 2.34 bits per heavy atom. The fourth-order valence-electron chi connectivity index (χ4n) is 2.46. The molecule has 0 aliphatic carbocycles. The zero-order valence-electron chi connectivity index (χ0n) is 15.4. The molecule has 2 N–H and O–H groups in total. The first kappa shape index (κ1) is 21.2. The SMILES string of the molecule is CC(=NNC(=O)Cc1ccc(Br)cc1)c1ccc(NC(=O)c2ccc(Cl)s2)cc1. The van der Waals surface area contributed by atoms with Crippen LogP contribution in [0.2, 0.25) is 4.34 Å². The maximum Gasteiger partial charge on any atom is 0.265 e. The van der Waals surface area contributed by atoms with Gasteiger partial charge in [-0.3, -0.25) is 9.59 Å². The Morgan fingerprint density at radius 2 is 1.72 bits per heavy atom. The first-order valence-electron chi connectivity index (χ1n) is 8.65. The lowest BCUT2D eigenvalue weighted by Gasteiger charge is -2.06. The summed E-state index contributed by atoms with van der Waals surface area (Å²) in [5, 5.41) is 6.98. The Kier molecular flexibility index (Phi) is 7.19. The number of nitrogens with zero attached hydrogens (tertiary/aromatic N) is 1. The zero-order valence-corrected chi connectivity index (χ0v) is 18.6. The van der Waals surface area contributed by atoms with E-state index < -0.39 is 0 Å². The minimum Gasteiger partial charge on any atom is -0.321 e. The number of hydrogen-bond acceptors (Lipinski definition) is 4. The lowest BCUT2D eigenvalue weighted by molar-refractivity contribution is -0.120. The van der Waals surface area contributed by atoms with Crippen LogP contribution in [0.5, 0.6) is 0 Å². The molecular formula is C21H17BrClN3O2S. The number of benzene rings is 2. The molecule has 0 unspecified atom stereocenters. The number of carbonyl (C=O) groups excluding carboxylic acids is 2. The molecule has 2 amide bonds. The fourth-order valence-corrected chi connectivity index (χ4v) is 3.66. The molecule has 1 aromatic heterocycles. The van der Waals surface area contributed by atoms with Gasteiger partial charge in [0.25, 0.3) is 5.91 Å². The molecule has 0 atom stereocenters. The van der Waals surface area contributed by atoms with Gasteiger partial charge in [0.15, 0.2) is 0 Å². The highest BCUT2D eigenvalue weighted by molar-refractivity contribution is 9.10. The van der Waals surface area contributed by atoms with Crippen LogP contribution in [0, 0.1) is 0 Å². The van der Waals surface area contributed by atoms with Crippen molar-refractivity contribution in [2.45, 2.75) is 13.3 Å². The number of amides is 2. The molecule has 148 valence electrons. The van der Waals surface area contributed by atoms with Crippen molar-refractivity contribution < 1.29 is 9.59 Å². The fraction of sp³-hybridized carbons (Fsp3) is 0.0952. The monoisotopic (exact) mass is 489 g/mol. The van der Waals surface area contributed by atoms with Gasteiger partial charge < -0.3 is 5.32 Å². The molecule has 0 saturated heterocycles. The number of hydrogen-bond donors (Lipinski definition) is 2. The summed E-state index contributed by atoms with van der Waals surface area (Å²) in [4.78, 5) is 24.8. The zero-order chi connectivity index (χ0) is 20.8. The van der Waals surface area contributed by atoms with Crippen molar-refractivity contribution in [1.82, 2.24) is 5.43 Å². The van der Waals surface area contributed by atoms with E-state index in [4.69, 9.17) is 11.6 Å². The van der Waals surface area contributed by atoms with Crippen molar-refractivity contribution >= 4 is 62.1 Å². The number of hydrazone groups is 1. The van der Waals surface area contributed by atoms with Crippen molar-refractivity contribution in [2.75, 3.05) is 5.32 Å². The van der Waals surface area contributed by atoms with Crippen molar-refractivity contribution in [2.24, 2.45) is 5.10 Å². The minimum atomic E-state index is -0.208. The normalized spacial score (nSPS) is 11.2. The van der Waals surface area contributed by atoms with Gasteiger partial charge in [0.05, 0.1) is 21.3 Å². The second kappa shape index (κ2) is 9.82. The average molecular weight is 491 g/mol. The summed E-state index contributed by atoms with van der Waals surface area (Å²) in [6.07, 6.45) is 0.252. The second-order valence-electron chi connectivity index (χ2n) is 6.17. The Morgan fingerprint density at radius 1 is 1.03 bits per heavy atom. The Hall–Kier alpha value is -2.48. The molecular weight excluding hydrogens is 474 g/mol. The van der Waals surface area contributed by atoms with Crippen LogP contribution < -0.4 is 10.7 Å². The van der Waals surface area contributed by atoms with Crippen molar-refractivity contribution in [3.05, 3.63) is 85.5 Å². The molecule has 0 fully saturated rings. The van der Waals surface area contributed by atoms with Crippen LogP contribution in [0.3, 0.4) is 0 Å². The molecule has 3 aromatic rings. The van der Waals surface area contributed by atoms with Gasteiger partial charge in [-0.05, 0) is 54.4 Å². The minimum absolute atomic E-state index is 0.190. The topological polar surface area (TPSA) is 70.6 Å². The summed E-state index contributed by atoms with van der Waals surface area (Å²) in [5.74, 6) is -0.398. The summed E-state index contributed by atoms with van der Waals surface area (Å²) >= 11 is 10.5. The summed E-state index contributed by atoms with van der Waals surface area (Å²) in [6.45, 7) is 1.81. The summed E-state index contributed by atoms with van der Waals surface area (Å²) < 4.78 is 1.54. The number of nitrogens with one attached hydrogen (secondary N) is 2. The maximum absolute atomic E-state index is 12.2. The highest BCUT2D eigenvalue weighted by atomic mass is 79.9. The van der Waals surface area contributed by atoms with Crippen LogP contribution in [0.4, 0.5) is 5.69 Å². The molecule has 0 aliphatic rings. The second-order valence-corrected chi connectivity index (χ2v) is 8.80. The van der Waals surface area contributed by atoms with Gasteiger partial charge in [-0.2, -0.15) is 5.10 Å². The average Bonchev–Trinajstić information content (AvgIpc) is 3.15. The van der Waals surface area contributed by atoms with Gasteiger partial charge in [-0.1, -0.05) is 51.8 Å². The molecule has 0 aliphatic heterocycles. The molecule has 0 spiro atoms. The van der Waals surface area contributed by atoms with Crippen LogP contribution >= 0.6 is 38.9 Å². The summed E-state index contributed by atoms with van der Waals surface area (Å²) in [7, 11) is 0. The lowest BCUT2D eigenvalue weighted by Crippen LogP contribution is -2.21. The van der Waals surface area contributed by atoms with Crippen LogP contribution in [-0.4, -0.2) is 17.5 Å². The summed E-state index contributed by atoms with van der Waals surface area (Å²) in [6, 6.07) is 18.2. The highest BCUT2D eigenvalue weighted by Gasteiger charge is 2.09. The van der Waals surface area contributed by atoms with E-state index in [1.807, 2.05) is 36.4 Å². The van der Waals surface area contributed by atoms with Crippen LogP contribution in [0.15, 0.2) is 70.2 Å². The third-order valence-corrected chi connectivity index (χ3v) is 5.74. The highest BCUT2D eigenvalue weighted by Crippen LogP contribution is 2.22. The van der Waals surface area contributed by atoms with Crippen molar-refractivity contribution in [1.29, 1.82) is 0 Å². The summed E-state index contributed by atoms with van der Waals surface area (Å²) in [5.41, 5.74) is 5.64. The number of thiophene rings is 1. The predicted octanol–water partition coefficient (Wildman–Crippen LogP) is 5.50. The van der Waals surface area contributed by atoms with E-state index in [2.05, 4.69) is 31.8 Å². The van der Waals surface area contributed by atoms with E-state index in [9.17, 15) is 9.59 Å². The van der Waals surface area contributed by atoms with Crippen LogP contribution in [0.25, 0.3) is 0 Å². The van der Waals surface area contributed by atoms with Gasteiger partial charge in [-0.15, -0.1) is 11.3 Å². The van der Waals surface area contributed by atoms with E-state index >= 15 is 0 Å². The first-order chi connectivity index (χ1) is 13.9. The Labute approximate surface area is 185 Å². The lowest BCUT2D eigenvalue weighted by atomic mass is 10.1. The predicted molar refractivity (Wildman–Crippen MR) is 122 cm³/mol. The van der Waals surface area contributed by atoms with Gasteiger partial charge in [0, 0.05) is 10.2 Å². The first-order valence-corrected chi connectivity index (χ1v) is 10.6. The quantitative estimate of drug-likeness (QED) is 0.354. The van der Waals surface area contributed by atoms with Gasteiger partial charge in [0.1, 0.15) is 0 Å². The maximum atomic E-state index is 12.2. The molecule has 0 bridgehead atoms. The molecule has 2 aromatic carbocycles. The third kappa shape index (κ3) is 6.25. The van der Waals surface area contributed by atoms with Gasteiger partial charge in [-0.25, -0.2) is 5.43 Å². The van der Waals surface area contributed by atoms with E-state index in [0.29, 0.717) is 20.6 Å². The molecule has 1 heterocycles. The number of anilines is 1. The smallest absolute Gasteiger partial charge is 0.265 e. The number of carbonyl (C=O) groups is 2. The van der Waals surface area contributed by atoms with Crippen LogP contribution in [-0.2, 0) is 11.2 Å². The van der Waals surface area contributed by atoms with Crippen LogP contribution in [0.1, 0.15) is 27.7 Å². The molecule has 8 heteroatoms. The van der Waals surface area contributed by atoms with Crippen molar-refractivity contribution in [3.8, 4) is 0 Å². The number of rotatable bonds is 6. The Balaban J connectivity index is 1.56. The molecule has 5 nitrogen and oxygen atoms in total. The van der Waals surface area contributed by atoms with Gasteiger partial charge in [0.2, 0.25) is 5.91 Å². The largest absolute Gasteiger partial charge is 0.321 e. The number of halogens is 2. The standard InChI is InChI=1S/C21H17BrClN3O2S/c1-13(25-26-20(27)12-14-2-6-16(22)7-3-14)15-4-8-17(9-5-15)24-21(28)18-10-11-19(23)29-18/h2-11H,12H2,1H3,(H,24,28)(H,26,27). The Bertz CT molecular complexity index is 1050. The molecule has 3 rings (SSSR count). The molecule has 0 saturated carbocycles. The van der Waals surface area contributed by atoms with E-state index in [0.717, 1.165) is 15.6 Å². The van der Waals surface area contributed by atoms with Gasteiger partial charge >= 0.3 is 0 Å².